The van der Waals surface area contributed by atoms with Crippen LogP contribution < -0.4 is 0 Å². The number of carboxylic acids is 1. The molecule has 1 aromatic rings. The smallest absolute Gasteiger partial charge is 0.325 e. The fourth-order valence-corrected chi connectivity index (χ4v) is 1.20. The van der Waals surface area contributed by atoms with E-state index in [1.807, 2.05) is 24.3 Å². The van der Waals surface area contributed by atoms with Gasteiger partial charge in [0.15, 0.2) is 0 Å². The second-order valence-electron chi connectivity index (χ2n) is 2.92. The molecule has 0 saturated carbocycles. The molecule has 0 amide bonds. The molecule has 3 nitrogen and oxygen atoms in total. The third kappa shape index (κ3) is 3.01. The normalized spacial score (nSPS) is 10.6. The summed E-state index contributed by atoms with van der Waals surface area (Å²) in [6.07, 6.45) is 2.54. The van der Waals surface area contributed by atoms with Crippen LogP contribution in [-0.4, -0.2) is 23.8 Å². The highest BCUT2D eigenvalue weighted by Crippen LogP contribution is 2.06. The van der Waals surface area contributed by atoms with Crippen molar-refractivity contribution in [3.05, 3.63) is 35.4 Å². The minimum absolute atomic E-state index is 0.169. The van der Waals surface area contributed by atoms with Crippen LogP contribution in [0, 0.1) is 0 Å². The molecule has 1 N–H and O–H groups in total. The van der Waals surface area contributed by atoms with Crippen molar-refractivity contribution in [2.45, 2.75) is 13.3 Å². The Hall–Kier alpha value is -1.64. The molecular formula is C11H13NO2. The van der Waals surface area contributed by atoms with Gasteiger partial charge in [0, 0.05) is 6.21 Å². The third-order valence-electron chi connectivity index (χ3n) is 1.89. The van der Waals surface area contributed by atoms with Crippen molar-refractivity contribution in [3.63, 3.8) is 0 Å². The van der Waals surface area contributed by atoms with Gasteiger partial charge in [-0.3, -0.25) is 9.79 Å². The van der Waals surface area contributed by atoms with Gasteiger partial charge >= 0.3 is 5.97 Å². The quantitative estimate of drug-likeness (QED) is 0.737. The number of carboxylic acid groups (broad SMARTS) is 1. The van der Waals surface area contributed by atoms with E-state index in [1.165, 1.54) is 5.56 Å². The molecule has 14 heavy (non-hydrogen) atoms. The zero-order chi connectivity index (χ0) is 10.4. The molecule has 0 aliphatic carbocycles. The number of nitrogens with zero attached hydrogens (tertiary/aromatic N) is 1. The molecule has 0 spiro atoms. The van der Waals surface area contributed by atoms with Crippen LogP contribution in [0.25, 0.3) is 0 Å². The first-order chi connectivity index (χ1) is 6.74. The first-order valence-corrected chi connectivity index (χ1v) is 4.53. The van der Waals surface area contributed by atoms with Crippen molar-refractivity contribution in [3.8, 4) is 0 Å². The van der Waals surface area contributed by atoms with Crippen molar-refractivity contribution in [1.82, 2.24) is 0 Å². The first-order valence-electron chi connectivity index (χ1n) is 4.53. The second kappa shape index (κ2) is 5.17. The molecule has 0 heterocycles. The summed E-state index contributed by atoms with van der Waals surface area (Å²) < 4.78 is 0. The molecule has 0 fully saturated rings. The van der Waals surface area contributed by atoms with Crippen LogP contribution in [0.5, 0.6) is 0 Å². The molecule has 0 bridgehead atoms. The predicted octanol–water partition coefficient (Wildman–Crippen LogP) is 1.75. The molecule has 1 rings (SSSR count). The van der Waals surface area contributed by atoms with Gasteiger partial charge in [-0.2, -0.15) is 0 Å². The van der Waals surface area contributed by atoms with Gasteiger partial charge in [0.05, 0.1) is 0 Å². The van der Waals surface area contributed by atoms with Crippen LogP contribution in [0.1, 0.15) is 18.1 Å². The Kier molecular flexibility index (Phi) is 3.85. The highest BCUT2D eigenvalue weighted by Gasteiger charge is 1.96. The highest BCUT2D eigenvalue weighted by atomic mass is 16.4. The molecule has 74 valence electrons. The fraction of sp³-hybridized carbons (Fsp3) is 0.273. The lowest BCUT2D eigenvalue weighted by Gasteiger charge is -2.00. The molecule has 0 aliphatic heterocycles. The third-order valence-corrected chi connectivity index (χ3v) is 1.89. The van der Waals surface area contributed by atoms with Gasteiger partial charge in [-0.05, 0) is 17.5 Å². The number of benzene rings is 1. The maximum absolute atomic E-state index is 10.2. The summed E-state index contributed by atoms with van der Waals surface area (Å²) in [6.45, 7) is 1.89. The minimum Gasteiger partial charge on any atom is -0.480 e. The summed E-state index contributed by atoms with van der Waals surface area (Å²) in [5.41, 5.74) is 2.18. The molecular weight excluding hydrogens is 178 g/mol. The average molecular weight is 191 g/mol. The largest absolute Gasteiger partial charge is 0.480 e. The Labute approximate surface area is 83.1 Å². The first kappa shape index (κ1) is 10.4. The van der Waals surface area contributed by atoms with Crippen molar-refractivity contribution >= 4 is 12.2 Å². The van der Waals surface area contributed by atoms with Crippen LogP contribution in [0.4, 0.5) is 0 Å². The van der Waals surface area contributed by atoms with Crippen LogP contribution in [0.2, 0.25) is 0 Å². The molecule has 0 radical (unpaired) electrons. The molecule has 0 aliphatic rings. The Morgan fingerprint density at radius 2 is 2.21 bits per heavy atom. The Morgan fingerprint density at radius 1 is 1.50 bits per heavy atom. The van der Waals surface area contributed by atoms with Crippen molar-refractivity contribution in [2.24, 2.45) is 4.99 Å². The van der Waals surface area contributed by atoms with Crippen molar-refractivity contribution < 1.29 is 9.90 Å². The van der Waals surface area contributed by atoms with Crippen LogP contribution in [-0.2, 0) is 11.2 Å². The lowest BCUT2D eigenvalue weighted by Crippen LogP contribution is -2.00. The molecule has 0 unspecified atom stereocenters. The van der Waals surface area contributed by atoms with E-state index in [1.54, 1.807) is 6.21 Å². The number of carbonyl (C=O) groups is 1. The highest BCUT2D eigenvalue weighted by molar-refractivity contribution is 5.83. The number of aliphatic carboxylic acids is 1. The lowest BCUT2D eigenvalue weighted by molar-refractivity contribution is -0.135. The van der Waals surface area contributed by atoms with E-state index in [-0.39, 0.29) is 6.54 Å². The second-order valence-corrected chi connectivity index (χ2v) is 2.92. The summed E-state index contributed by atoms with van der Waals surface area (Å²) in [5, 5.41) is 8.40. The van der Waals surface area contributed by atoms with E-state index in [9.17, 15) is 4.79 Å². The monoisotopic (exact) mass is 191 g/mol. The van der Waals surface area contributed by atoms with Crippen LogP contribution >= 0.6 is 0 Å². The van der Waals surface area contributed by atoms with E-state index in [0.29, 0.717) is 0 Å². The maximum atomic E-state index is 10.2. The van der Waals surface area contributed by atoms with E-state index in [2.05, 4.69) is 11.9 Å². The summed E-state index contributed by atoms with van der Waals surface area (Å²) in [6, 6.07) is 7.83. The predicted molar refractivity (Wildman–Crippen MR) is 55.9 cm³/mol. The molecule has 1 aromatic carbocycles. The zero-order valence-corrected chi connectivity index (χ0v) is 8.10. The maximum Gasteiger partial charge on any atom is 0.325 e. The molecule has 0 atom stereocenters. The van der Waals surface area contributed by atoms with E-state index >= 15 is 0 Å². The van der Waals surface area contributed by atoms with Gasteiger partial charge in [-0.15, -0.1) is 0 Å². The standard InChI is InChI=1S/C11H13NO2/c1-2-9-5-3-4-6-10(9)7-12-8-11(13)14/h3-7H,2,8H2,1H3,(H,13,14). The van der Waals surface area contributed by atoms with E-state index in [4.69, 9.17) is 5.11 Å². The summed E-state index contributed by atoms with van der Waals surface area (Å²) >= 11 is 0. The fourth-order valence-electron chi connectivity index (χ4n) is 1.20. The lowest BCUT2D eigenvalue weighted by atomic mass is 10.1. The molecule has 3 heteroatoms. The van der Waals surface area contributed by atoms with Crippen LogP contribution in [0.3, 0.4) is 0 Å². The summed E-state index contributed by atoms with van der Waals surface area (Å²) in [7, 11) is 0. The van der Waals surface area contributed by atoms with Crippen molar-refractivity contribution in [2.75, 3.05) is 6.54 Å². The van der Waals surface area contributed by atoms with Gasteiger partial charge < -0.3 is 5.11 Å². The summed E-state index contributed by atoms with van der Waals surface area (Å²) in [5.74, 6) is -0.907. The van der Waals surface area contributed by atoms with Gasteiger partial charge in [-0.1, -0.05) is 31.2 Å². The topological polar surface area (TPSA) is 49.7 Å². The number of hydrogen-bond donors (Lipinski definition) is 1. The number of aryl methyl sites for hydroxylation is 1. The number of rotatable bonds is 4. The Morgan fingerprint density at radius 3 is 2.86 bits per heavy atom. The SMILES string of the molecule is CCc1ccccc1C=NCC(=O)O. The van der Waals surface area contributed by atoms with Gasteiger partial charge in [0.2, 0.25) is 0 Å². The Bertz CT molecular complexity index is 345. The van der Waals surface area contributed by atoms with Crippen molar-refractivity contribution in [1.29, 1.82) is 0 Å². The minimum atomic E-state index is -0.907. The van der Waals surface area contributed by atoms with Gasteiger partial charge in [0.25, 0.3) is 0 Å². The van der Waals surface area contributed by atoms with E-state index in [0.717, 1.165) is 12.0 Å². The van der Waals surface area contributed by atoms with Gasteiger partial charge in [-0.25, -0.2) is 0 Å². The number of aliphatic imine (C=N–C) groups is 1. The molecule has 0 saturated heterocycles. The van der Waals surface area contributed by atoms with Crippen LogP contribution in [0.15, 0.2) is 29.3 Å². The number of hydrogen-bond acceptors (Lipinski definition) is 2. The van der Waals surface area contributed by atoms with E-state index < -0.39 is 5.97 Å². The molecule has 0 aromatic heterocycles. The summed E-state index contributed by atoms with van der Waals surface area (Å²) in [4.78, 5) is 14.1. The average Bonchev–Trinajstić information content (AvgIpc) is 2.18. The van der Waals surface area contributed by atoms with Gasteiger partial charge in [0.1, 0.15) is 6.54 Å². The Balaban J connectivity index is 2.75. The zero-order valence-electron chi connectivity index (χ0n) is 8.10.